The molecule has 0 saturated carbocycles. The lowest BCUT2D eigenvalue weighted by Crippen LogP contribution is -2.00. The summed E-state index contributed by atoms with van der Waals surface area (Å²) in [5.74, 6) is 0.181. The molecule has 0 aliphatic carbocycles. The van der Waals surface area contributed by atoms with Gasteiger partial charge in [-0.3, -0.25) is 9.89 Å². The predicted octanol–water partition coefficient (Wildman–Crippen LogP) is 1.10. The molecule has 0 aliphatic heterocycles. The summed E-state index contributed by atoms with van der Waals surface area (Å²) in [6, 6.07) is 3.59. The Labute approximate surface area is 72.3 Å². The van der Waals surface area contributed by atoms with Gasteiger partial charge in [0.05, 0.1) is 4.88 Å². The van der Waals surface area contributed by atoms with Crippen LogP contribution in [0, 0.1) is 0 Å². The van der Waals surface area contributed by atoms with Crippen LogP contribution in [0.4, 0.5) is 0 Å². The third-order valence-corrected chi connectivity index (χ3v) is 2.24. The molecule has 5 heteroatoms. The maximum absolute atomic E-state index is 11.4. The number of hydrogen-bond donors (Lipinski definition) is 1. The van der Waals surface area contributed by atoms with Crippen LogP contribution in [0.15, 0.2) is 23.8 Å². The van der Waals surface area contributed by atoms with Crippen LogP contribution in [0.1, 0.15) is 15.5 Å². The van der Waals surface area contributed by atoms with E-state index in [9.17, 15) is 4.79 Å². The minimum absolute atomic E-state index is 0.109. The number of aromatic amines is 1. The summed E-state index contributed by atoms with van der Waals surface area (Å²) < 4.78 is 0. The number of carbonyl (C=O) groups excluding carboxylic acids is 1. The first-order chi connectivity index (χ1) is 5.88. The van der Waals surface area contributed by atoms with Crippen LogP contribution in [0.25, 0.3) is 0 Å². The van der Waals surface area contributed by atoms with Crippen LogP contribution in [0.3, 0.4) is 0 Å². The van der Waals surface area contributed by atoms with Gasteiger partial charge in [-0.25, -0.2) is 4.98 Å². The number of hydrogen-bond acceptors (Lipinski definition) is 4. The molecule has 2 aromatic heterocycles. The summed E-state index contributed by atoms with van der Waals surface area (Å²) in [5.41, 5.74) is 0. The smallest absolute Gasteiger partial charge is 0.239 e. The van der Waals surface area contributed by atoms with Crippen LogP contribution in [0.2, 0.25) is 0 Å². The van der Waals surface area contributed by atoms with E-state index in [1.54, 1.807) is 6.07 Å². The van der Waals surface area contributed by atoms with E-state index in [2.05, 4.69) is 15.2 Å². The van der Waals surface area contributed by atoms with Gasteiger partial charge in [-0.15, -0.1) is 11.3 Å². The van der Waals surface area contributed by atoms with Crippen molar-refractivity contribution in [2.75, 3.05) is 0 Å². The zero-order valence-corrected chi connectivity index (χ0v) is 6.84. The van der Waals surface area contributed by atoms with Crippen molar-refractivity contribution in [2.24, 2.45) is 0 Å². The minimum Gasteiger partial charge on any atom is -0.284 e. The van der Waals surface area contributed by atoms with E-state index < -0.39 is 0 Å². The molecule has 2 aromatic rings. The average molecular weight is 179 g/mol. The van der Waals surface area contributed by atoms with E-state index in [1.807, 2.05) is 11.4 Å². The van der Waals surface area contributed by atoms with Gasteiger partial charge in [-0.2, -0.15) is 5.10 Å². The monoisotopic (exact) mass is 179 g/mol. The topological polar surface area (TPSA) is 58.6 Å². The van der Waals surface area contributed by atoms with E-state index in [1.165, 1.54) is 17.7 Å². The molecule has 60 valence electrons. The Morgan fingerprint density at radius 3 is 3.08 bits per heavy atom. The maximum Gasteiger partial charge on any atom is 0.239 e. The first-order valence-corrected chi connectivity index (χ1v) is 4.19. The molecule has 2 rings (SSSR count). The zero-order valence-electron chi connectivity index (χ0n) is 6.02. The Morgan fingerprint density at radius 2 is 2.50 bits per heavy atom. The molecule has 0 spiro atoms. The molecule has 0 aromatic carbocycles. The van der Waals surface area contributed by atoms with E-state index in [4.69, 9.17) is 0 Å². The molecule has 0 saturated heterocycles. The molecule has 0 aliphatic rings. The zero-order chi connectivity index (χ0) is 8.39. The van der Waals surface area contributed by atoms with Crippen molar-refractivity contribution in [3.05, 3.63) is 34.5 Å². The Bertz CT molecular complexity index is 329. The molecule has 0 atom stereocenters. The lowest BCUT2D eigenvalue weighted by Gasteiger charge is -1.88. The summed E-state index contributed by atoms with van der Waals surface area (Å²) in [5, 5.41) is 7.97. The molecule has 0 fully saturated rings. The van der Waals surface area contributed by atoms with Gasteiger partial charge in [0.15, 0.2) is 5.82 Å². The van der Waals surface area contributed by atoms with Crippen molar-refractivity contribution in [1.82, 2.24) is 15.2 Å². The lowest BCUT2D eigenvalue weighted by atomic mass is 10.3. The highest BCUT2D eigenvalue weighted by Crippen LogP contribution is 2.11. The second-order valence-corrected chi connectivity index (χ2v) is 3.09. The van der Waals surface area contributed by atoms with Crippen molar-refractivity contribution in [2.45, 2.75) is 0 Å². The largest absolute Gasteiger partial charge is 0.284 e. The molecule has 4 nitrogen and oxygen atoms in total. The third kappa shape index (κ3) is 1.14. The van der Waals surface area contributed by atoms with Crippen LogP contribution in [-0.4, -0.2) is 21.0 Å². The molecule has 0 unspecified atom stereocenters. The first-order valence-electron chi connectivity index (χ1n) is 3.31. The quantitative estimate of drug-likeness (QED) is 0.702. The van der Waals surface area contributed by atoms with E-state index in [-0.39, 0.29) is 11.6 Å². The molecule has 1 N–H and O–H groups in total. The van der Waals surface area contributed by atoms with Gasteiger partial charge in [0, 0.05) is 0 Å². The fourth-order valence-corrected chi connectivity index (χ4v) is 1.50. The highest BCUT2D eigenvalue weighted by atomic mass is 32.1. The van der Waals surface area contributed by atoms with Crippen molar-refractivity contribution >= 4 is 17.1 Å². The number of H-pyrrole nitrogens is 1. The standard InChI is InChI=1S/C7H5N3OS/c11-6(5-2-1-3-12-5)7-8-4-9-10-7/h1-4H,(H,8,9,10). The Kier molecular flexibility index (Phi) is 1.71. The second-order valence-electron chi connectivity index (χ2n) is 2.14. The van der Waals surface area contributed by atoms with Crippen LogP contribution in [0.5, 0.6) is 0 Å². The molecule has 2 heterocycles. The predicted molar refractivity (Wildman–Crippen MR) is 44.1 cm³/mol. The first kappa shape index (κ1) is 7.17. The number of nitrogens with zero attached hydrogens (tertiary/aromatic N) is 2. The van der Waals surface area contributed by atoms with Crippen molar-refractivity contribution in [1.29, 1.82) is 0 Å². The number of thiophene rings is 1. The summed E-state index contributed by atoms with van der Waals surface area (Å²) in [6.45, 7) is 0. The fraction of sp³-hybridized carbons (Fsp3) is 0. The molecule has 0 radical (unpaired) electrons. The van der Waals surface area contributed by atoms with Crippen molar-refractivity contribution in [3.63, 3.8) is 0 Å². The molecule has 0 amide bonds. The van der Waals surface area contributed by atoms with Gasteiger partial charge in [-0.05, 0) is 11.4 Å². The number of ketones is 1. The third-order valence-electron chi connectivity index (χ3n) is 1.38. The number of rotatable bonds is 2. The van der Waals surface area contributed by atoms with E-state index in [0.29, 0.717) is 4.88 Å². The fourth-order valence-electron chi connectivity index (χ4n) is 0.839. The highest BCUT2D eigenvalue weighted by Gasteiger charge is 2.11. The molecular formula is C7H5N3OS. The average Bonchev–Trinajstić information content (AvgIpc) is 2.77. The van der Waals surface area contributed by atoms with Gasteiger partial charge < -0.3 is 0 Å². The van der Waals surface area contributed by atoms with Crippen molar-refractivity contribution < 1.29 is 4.79 Å². The summed E-state index contributed by atoms with van der Waals surface area (Å²) >= 11 is 1.39. The highest BCUT2D eigenvalue weighted by molar-refractivity contribution is 7.12. The van der Waals surface area contributed by atoms with Crippen molar-refractivity contribution in [3.8, 4) is 0 Å². The Morgan fingerprint density at radius 1 is 1.58 bits per heavy atom. The molecule has 12 heavy (non-hydrogen) atoms. The van der Waals surface area contributed by atoms with Gasteiger partial charge in [-0.1, -0.05) is 6.07 Å². The summed E-state index contributed by atoms with van der Waals surface area (Å²) in [4.78, 5) is 15.9. The van der Waals surface area contributed by atoms with Crippen LogP contribution in [-0.2, 0) is 0 Å². The van der Waals surface area contributed by atoms with Gasteiger partial charge in [0.2, 0.25) is 5.78 Å². The Hall–Kier alpha value is -1.49. The van der Waals surface area contributed by atoms with E-state index in [0.717, 1.165) is 0 Å². The number of aromatic nitrogens is 3. The Balaban J connectivity index is 2.34. The van der Waals surface area contributed by atoms with Gasteiger partial charge in [0.1, 0.15) is 6.33 Å². The minimum atomic E-state index is -0.109. The van der Waals surface area contributed by atoms with Gasteiger partial charge in [0.25, 0.3) is 0 Å². The SMILES string of the molecule is O=C(c1ncn[nH]1)c1cccs1. The maximum atomic E-state index is 11.4. The van der Waals surface area contributed by atoms with E-state index >= 15 is 0 Å². The molecular weight excluding hydrogens is 174 g/mol. The number of nitrogens with one attached hydrogen (secondary N) is 1. The van der Waals surface area contributed by atoms with Gasteiger partial charge >= 0.3 is 0 Å². The lowest BCUT2D eigenvalue weighted by molar-refractivity contribution is 0.103. The summed E-state index contributed by atoms with van der Waals surface area (Å²) in [7, 11) is 0. The van der Waals surface area contributed by atoms with Crippen LogP contribution < -0.4 is 0 Å². The molecule has 0 bridgehead atoms. The normalized spacial score (nSPS) is 10.0. The number of carbonyl (C=O) groups is 1. The summed E-state index contributed by atoms with van der Waals surface area (Å²) in [6.07, 6.45) is 1.32. The van der Waals surface area contributed by atoms with Crippen LogP contribution >= 0.6 is 11.3 Å². The second kappa shape index (κ2) is 2.86.